The van der Waals surface area contributed by atoms with Crippen molar-refractivity contribution in [1.29, 1.82) is 0 Å². The van der Waals surface area contributed by atoms with Crippen molar-refractivity contribution < 1.29 is 0 Å². The molecular formula is C21H23BrN4S. The van der Waals surface area contributed by atoms with Crippen LogP contribution in [0.1, 0.15) is 42.8 Å². The molecule has 0 saturated heterocycles. The lowest BCUT2D eigenvalue weighted by molar-refractivity contribution is 0.700. The van der Waals surface area contributed by atoms with E-state index in [0.29, 0.717) is 0 Å². The third-order valence-electron chi connectivity index (χ3n) is 4.14. The first-order valence-corrected chi connectivity index (χ1v) is 10.9. The lowest BCUT2D eigenvalue weighted by Crippen LogP contribution is -2.00. The monoisotopic (exact) mass is 442 g/mol. The van der Waals surface area contributed by atoms with Gasteiger partial charge in [0.05, 0.1) is 6.21 Å². The van der Waals surface area contributed by atoms with Gasteiger partial charge in [-0.25, -0.2) is 0 Å². The van der Waals surface area contributed by atoms with Crippen LogP contribution in [0.15, 0.2) is 63.3 Å². The number of halogens is 1. The highest BCUT2D eigenvalue weighted by molar-refractivity contribution is 9.10. The minimum absolute atomic E-state index is 0.822. The van der Waals surface area contributed by atoms with Crippen molar-refractivity contribution in [3.05, 3.63) is 75.5 Å². The van der Waals surface area contributed by atoms with E-state index in [1.807, 2.05) is 10.9 Å². The highest BCUT2D eigenvalue weighted by atomic mass is 79.9. The van der Waals surface area contributed by atoms with E-state index in [4.69, 9.17) is 0 Å². The van der Waals surface area contributed by atoms with E-state index in [9.17, 15) is 0 Å². The fourth-order valence-corrected chi connectivity index (χ4v) is 3.70. The van der Waals surface area contributed by atoms with Gasteiger partial charge in [0.15, 0.2) is 5.82 Å². The lowest BCUT2D eigenvalue weighted by atomic mass is 10.1. The number of hydrogen-bond donors (Lipinski definition) is 0. The van der Waals surface area contributed by atoms with E-state index < -0.39 is 0 Å². The third kappa shape index (κ3) is 5.53. The van der Waals surface area contributed by atoms with Gasteiger partial charge >= 0.3 is 0 Å². The summed E-state index contributed by atoms with van der Waals surface area (Å²) in [6.07, 6.45) is 4.79. The van der Waals surface area contributed by atoms with Crippen LogP contribution in [0, 0.1) is 0 Å². The predicted molar refractivity (Wildman–Crippen MR) is 117 cm³/mol. The van der Waals surface area contributed by atoms with Crippen molar-refractivity contribution in [3.63, 3.8) is 0 Å². The van der Waals surface area contributed by atoms with Crippen LogP contribution in [0.3, 0.4) is 0 Å². The molecule has 0 atom stereocenters. The fourth-order valence-electron chi connectivity index (χ4n) is 2.57. The smallest absolute Gasteiger partial charge is 0.191 e. The second-order valence-electron chi connectivity index (χ2n) is 6.22. The summed E-state index contributed by atoms with van der Waals surface area (Å²) in [5.41, 5.74) is 3.65. The van der Waals surface area contributed by atoms with Gasteiger partial charge in [0.1, 0.15) is 0 Å². The van der Waals surface area contributed by atoms with Gasteiger partial charge in [-0.3, -0.25) is 0 Å². The standard InChI is InChI=1S/C21H23BrN4S/c1-3-5-20-24-25-21(27-15-18-10-12-19(22)13-11-18)26(20)23-14-17-8-6-16(4-2)7-9-17/h6-14H,3-5,15H2,1-2H3/b23-14+. The van der Waals surface area contributed by atoms with E-state index >= 15 is 0 Å². The third-order valence-corrected chi connectivity index (χ3v) is 5.66. The van der Waals surface area contributed by atoms with Crippen LogP contribution in [-0.2, 0) is 18.6 Å². The molecule has 140 valence electrons. The molecule has 1 heterocycles. The molecular weight excluding hydrogens is 420 g/mol. The Bertz CT molecular complexity index is 886. The first-order valence-electron chi connectivity index (χ1n) is 9.14. The van der Waals surface area contributed by atoms with E-state index in [-0.39, 0.29) is 0 Å². The maximum atomic E-state index is 4.68. The van der Waals surface area contributed by atoms with E-state index in [2.05, 4.69) is 93.6 Å². The first-order chi connectivity index (χ1) is 13.2. The Balaban J connectivity index is 1.77. The molecule has 3 rings (SSSR count). The Labute approximate surface area is 173 Å². The highest BCUT2D eigenvalue weighted by Crippen LogP contribution is 2.23. The molecule has 0 radical (unpaired) electrons. The Morgan fingerprint density at radius 2 is 1.70 bits per heavy atom. The number of aryl methyl sites for hydroxylation is 2. The zero-order valence-corrected chi connectivity index (χ0v) is 18.0. The summed E-state index contributed by atoms with van der Waals surface area (Å²) in [5, 5.41) is 14.2. The average molecular weight is 443 g/mol. The average Bonchev–Trinajstić information content (AvgIpc) is 3.08. The molecule has 0 bridgehead atoms. The highest BCUT2D eigenvalue weighted by Gasteiger charge is 2.11. The number of benzene rings is 2. The zero-order valence-electron chi connectivity index (χ0n) is 15.6. The number of rotatable bonds is 8. The second-order valence-corrected chi connectivity index (χ2v) is 8.07. The van der Waals surface area contributed by atoms with Gasteiger partial charge in [-0.2, -0.15) is 9.78 Å². The van der Waals surface area contributed by atoms with Crippen molar-refractivity contribution in [2.45, 2.75) is 44.0 Å². The van der Waals surface area contributed by atoms with Crippen molar-refractivity contribution in [2.24, 2.45) is 5.10 Å². The van der Waals surface area contributed by atoms with Gasteiger partial charge < -0.3 is 0 Å². The van der Waals surface area contributed by atoms with Crippen LogP contribution in [0.5, 0.6) is 0 Å². The van der Waals surface area contributed by atoms with Crippen LogP contribution in [0.4, 0.5) is 0 Å². The van der Waals surface area contributed by atoms with E-state index in [0.717, 1.165) is 46.0 Å². The molecule has 0 saturated carbocycles. The summed E-state index contributed by atoms with van der Waals surface area (Å²) in [6.45, 7) is 4.30. The largest absolute Gasteiger partial charge is 0.212 e. The lowest BCUT2D eigenvalue weighted by Gasteiger charge is -2.04. The molecule has 27 heavy (non-hydrogen) atoms. The minimum Gasteiger partial charge on any atom is -0.191 e. The number of hydrogen-bond acceptors (Lipinski definition) is 4. The molecule has 0 unspecified atom stereocenters. The fraction of sp³-hybridized carbons (Fsp3) is 0.286. The van der Waals surface area contributed by atoms with Crippen molar-refractivity contribution in [2.75, 3.05) is 0 Å². The van der Waals surface area contributed by atoms with Gasteiger partial charge in [-0.15, -0.1) is 10.2 Å². The molecule has 2 aromatic carbocycles. The van der Waals surface area contributed by atoms with Crippen molar-refractivity contribution in [1.82, 2.24) is 14.9 Å². The summed E-state index contributed by atoms with van der Waals surface area (Å²) in [5.74, 6) is 1.73. The quantitative estimate of drug-likeness (QED) is 0.330. The summed E-state index contributed by atoms with van der Waals surface area (Å²) < 4.78 is 2.96. The summed E-state index contributed by atoms with van der Waals surface area (Å²) in [6, 6.07) is 16.8. The topological polar surface area (TPSA) is 43.1 Å². The Morgan fingerprint density at radius 3 is 2.37 bits per heavy atom. The first kappa shape index (κ1) is 19.8. The zero-order chi connectivity index (χ0) is 19.1. The van der Waals surface area contributed by atoms with Crippen LogP contribution in [0.2, 0.25) is 0 Å². The van der Waals surface area contributed by atoms with Crippen LogP contribution >= 0.6 is 27.7 Å². The Kier molecular flexibility index (Phi) is 7.24. The van der Waals surface area contributed by atoms with Crippen molar-refractivity contribution in [3.8, 4) is 0 Å². The van der Waals surface area contributed by atoms with Crippen molar-refractivity contribution >= 4 is 33.9 Å². The summed E-state index contributed by atoms with van der Waals surface area (Å²) >= 11 is 5.13. The molecule has 0 N–H and O–H groups in total. The molecule has 0 aliphatic carbocycles. The number of thioether (sulfide) groups is 1. The van der Waals surface area contributed by atoms with Crippen LogP contribution < -0.4 is 0 Å². The van der Waals surface area contributed by atoms with Gasteiger partial charge in [0.2, 0.25) is 5.16 Å². The number of aromatic nitrogens is 3. The molecule has 3 aromatic rings. The minimum atomic E-state index is 0.822. The maximum Gasteiger partial charge on any atom is 0.212 e. The summed E-state index contributed by atoms with van der Waals surface area (Å²) in [4.78, 5) is 0. The van der Waals surface area contributed by atoms with E-state index in [1.54, 1.807) is 11.8 Å². The molecule has 0 amide bonds. The molecule has 6 heteroatoms. The van der Waals surface area contributed by atoms with Gasteiger partial charge in [-0.05, 0) is 41.7 Å². The second kappa shape index (κ2) is 9.85. The summed E-state index contributed by atoms with van der Waals surface area (Å²) in [7, 11) is 0. The number of nitrogens with zero attached hydrogens (tertiary/aromatic N) is 4. The Morgan fingerprint density at radius 1 is 1.00 bits per heavy atom. The van der Waals surface area contributed by atoms with Crippen LogP contribution in [-0.4, -0.2) is 21.1 Å². The maximum absolute atomic E-state index is 4.68. The van der Waals surface area contributed by atoms with Gasteiger partial charge in [0.25, 0.3) is 0 Å². The molecule has 1 aromatic heterocycles. The SMILES string of the molecule is CCCc1nnc(SCc2ccc(Br)cc2)n1/N=C/c1ccc(CC)cc1. The molecule has 0 aliphatic heterocycles. The Hall–Kier alpha value is -1.92. The molecule has 0 fully saturated rings. The predicted octanol–water partition coefficient (Wildman–Crippen LogP) is 5.73. The normalized spacial score (nSPS) is 11.4. The van der Waals surface area contributed by atoms with E-state index in [1.165, 1.54) is 11.1 Å². The van der Waals surface area contributed by atoms with Crippen LogP contribution in [0.25, 0.3) is 0 Å². The van der Waals surface area contributed by atoms with Gasteiger partial charge in [0, 0.05) is 16.6 Å². The molecule has 4 nitrogen and oxygen atoms in total. The van der Waals surface area contributed by atoms with Gasteiger partial charge in [-0.1, -0.05) is 77.9 Å². The molecule has 0 aliphatic rings. The molecule has 0 spiro atoms.